The van der Waals surface area contributed by atoms with Gasteiger partial charge in [0, 0.05) is 13.0 Å². The molecule has 1 fully saturated rings. The van der Waals surface area contributed by atoms with Crippen molar-refractivity contribution >= 4 is 5.78 Å². The van der Waals surface area contributed by atoms with Crippen molar-refractivity contribution in [2.45, 2.75) is 32.7 Å². The Hall–Kier alpha value is -1.36. The van der Waals surface area contributed by atoms with Gasteiger partial charge in [0.25, 0.3) is 0 Å². The van der Waals surface area contributed by atoms with Crippen molar-refractivity contribution in [1.82, 2.24) is 15.1 Å². The Bertz CT molecular complexity index is 408. The smallest absolute Gasteiger partial charge is 0.184 e. The normalized spacial score (nSPS) is 19.1. The van der Waals surface area contributed by atoms with Crippen LogP contribution in [-0.4, -0.2) is 35.8 Å². The molecule has 0 amide bonds. The third-order valence-electron chi connectivity index (χ3n) is 3.36. The number of Topliss-reactive ketones (excluding diaryl/α,β-unsaturated/α-hetero) is 1. The molecule has 1 atom stereocenters. The first kappa shape index (κ1) is 13.1. The van der Waals surface area contributed by atoms with Crippen molar-refractivity contribution in [3.63, 3.8) is 0 Å². The maximum Gasteiger partial charge on any atom is 0.184 e. The largest absolute Gasteiger partial charge is 0.493 e. The Balaban J connectivity index is 2.13. The van der Waals surface area contributed by atoms with Gasteiger partial charge in [-0.15, -0.1) is 0 Å². The molecule has 1 saturated heterocycles. The van der Waals surface area contributed by atoms with E-state index in [0.29, 0.717) is 23.8 Å². The van der Waals surface area contributed by atoms with Gasteiger partial charge in [0.2, 0.25) is 0 Å². The predicted molar refractivity (Wildman–Crippen MR) is 69.0 cm³/mol. The van der Waals surface area contributed by atoms with Gasteiger partial charge in [-0.05, 0) is 31.8 Å². The predicted octanol–water partition coefficient (Wildman–Crippen LogP) is 1.48. The summed E-state index contributed by atoms with van der Waals surface area (Å²) in [6.45, 7) is 4.79. The maximum absolute atomic E-state index is 12.4. The standard InChI is InChI=1S/C13H21N3O2/c1-3-6-16-13(12(18-2)9-15-16)11(17)7-10-4-5-14-8-10/h9-10,14H,3-8H2,1-2H3. The number of hydrogen-bond acceptors (Lipinski definition) is 4. The minimum absolute atomic E-state index is 0.145. The van der Waals surface area contributed by atoms with E-state index in [1.807, 2.05) is 0 Å². The highest BCUT2D eigenvalue weighted by Gasteiger charge is 2.24. The second-order valence-corrected chi connectivity index (χ2v) is 4.77. The summed E-state index contributed by atoms with van der Waals surface area (Å²) in [4.78, 5) is 12.4. The molecule has 1 aromatic rings. The Morgan fingerprint density at radius 1 is 1.67 bits per heavy atom. The van der Waals surface area contributed by atoms with E-state index >= 15 is 0 Å². The van der Waals surface area contributed by atoms with Crippen molar-refractivity contribution in [3.05, 3.63) is 11.9 Å². The van der Waals surface area contributed by atoms with Crippen LogP contribution in [0.25, 0.3) is 0 Å². The van der Waals surface area contributed by atoms with Crippen LogP contribution in [0.1, 0.15) is 36.7 Å². The molecule has 5 heteroatoms. The number of carbonyl (C=O) groups excluding carboxylic acids is 1. The summed E-state index contributed by atoms with van der Waals surface area (Å²) in [5, 5.41) is 7.51. The van der Waals surface area contributed by atoms with Crippen LogP contribution in [0.5, 0.6) is 5.75 Å². The first-order chi connectivity index (χ1) is 8.76. The molecule has 0 bridgehead atoms. The summed E-state index contributed by atoms with van der Waals surface area (Å²) in [6, 6.07) is 0. The molecule has 0 aromatic carbocycles. The van der Waals surface area contributed by atoms with Crippen LogP contribution in [0.3, 0.4) is 0 Å². The topological polar surface area (TPSA) is 56.2 Å². The van der Waals surface area contributed by atoms with Gasteiger partial charge in [-0.25, -0.2) is 0 Å². The molecule has 1 aliphatic rings. The van der Waals surface area contributed by atoms with Crippen LogP contribution in [0.4, 0.5) is 0 Å². The summed E-state index contributed by atoms with van der Waals surface area (Å²) < 4.78 is 7.01. The Morgan fingerprint density at radius 3 is 3.11 bits per heavy atom. The monoisotopic (exact) mass is 251 g/mol. The van der Waals surface area contributed by atoms with Crippen molar-refractivity contribution in [1.29, 1.82) is 0 Å². The molecule has 1 unspecified atom stereocenters. The molecule has 2 rings (SSSR count). The van der Waals surface area contributed by atoms with Crippen LogP contribution in [0, 0.1) is 5.92 Å². The average Bonchev–Trinajstić information content (AvgIpc) is 2.98. The summed E-state index contributed by atoms with van der Waals surface area (Å²) >= 11 is 0. The third-order valence-corrected chi connectivity index (χ3v) is 3.36. The van der Waals surface area contributed by atoms with Gasteiger partial charge in [-0.3, -0.25) is 9.48 Å². The van der Waals surface area contributed by atoms with Crippen LogP contribution in [0.2, 0.25) is 0 Å². The van der Waals surface area contributed by atoms with Crippen molar-refractivity contribution in [3.8, 4) is 5.75 Å². The van der Waals surface area contributed by atoms with Crippen LogP contribution in [0.15, 0.2) is 6.20 Å². The van der Waals surface area contributed by atoms with E-state index in [-0.39, 0.29) is 5.78 Å². The number of nitrogens with zero attached hydrogens (tertiary/aromatic N) is 2. The zero-order chi connectivity index (χ0) is 13.0. The molecular formula is C13H21N3O2. The third kappa shape index (κ3) is 2.72. The number of nitrogens with one attached hydrogen (secondary N) is 1. The van der Waals surface area contributed by atoms with E-state index < -0.39 is 0 Å². The fourth-order valence-corrected chi connectivity index (χ4v) is 2.43. The van der Waals surface area contributed by atoms with Gasteiger partial charge in [0.05, 0.1) is 13.3 Å². The minimum atomic E-state index is 0.145. The number of rotatable bonds is 6. The molecule has 100 valence electrons. The number of carbonyl (C=O) groups is 1. The lowest BCUT2D eigenvalue weighted by Crippen LogP contribution is -2.17. The van der Waals surface area contributed by atoms with Gasteiger partial charge in [0.15, 0.2) is 11.5 Å². The highest BCUT2D eigenvalue weighted by atomic mass is 16.5. The molecule has 5 nitrogen and oxygen atoms in total. The SMILES string of the molecule is CCCn1ncc(OC)c1C(=O)CC1CCNC1. The summed E-state index contributed by atoms with van der Waals surface area (Å²) in [7, 11) is 1.58. The maximum atomic E-state index is 12.4. The lowest BCUT2D eigenvalue weighted by molar-refractivity contribution is 0.0950. The molecule has 1 N–H and O–H groups in total. The zero-order valence-corrected chi connectivity index (χ0v) is 11.1. The van der Waals surface area contributed by atoms with Gasteiger partial charge in [-0.2, -0.15) is 5.10 Å². The second-order valence-electron chi connectivity index (χ2n) is 4.77. The quantitative estimate of drug-likeness (QED) is 0.778. The van der Waals surface area contributed by atoms with E-state index in [9.17, 15) is 4.79 Å². The highest BCUT2D eigenvalue weighted by Crippen LogP contribution is 2.23. The molecule has 1 aromatic heterocycles. The number of aryl methyl sites for hydroxylation is 1. The lowest BCUT2D eigenvalue weighted by atomic mass is 10.00. The van der Waals surface area contributed by atoms with Crippen molar-refractivity contribution in [2.75, 3.05) is 20.2 Å². The number of ketones is 1. The second kappa shape index (κ2) is 6.00. The van der Waals surface area contributed by atoms with Crippen LogP contribution >= 0.6 is 0 Å². The van der Waals surface area contributed by atoms with E-state index in [4.69, 9.17) is 4.74 Å². The first-order valence-electron chi connectivity index (χ1n) is 6.60. The van der Waals surface area contributed by atoms with Crippen molar-refractivity contribution < 1.29 is 9.53 Å². The minimum Gasteiger partial charge on any atom is -0.493 e. The molecule has 0 spiro atoms. The summed E-state index contributed by atoms with van der Waals surface area (Å²) in [5.74, 6) is 1.19. The fourth-order valence-electron chi connectivity index (χ4n) is 2.43. The molecular weight excluding hydrogens is 230 g/mol. The summed E-state index contributed by atoms with van der Waals surface area (Å²) in [5.41, 5.74) is 0.631. The van der Waals surface area contributed by atoms with E-state index in [2.05, 4.69) is 17.3 Å². The molecule has 0 radical (unpaired) electrons. The average molecular weight is 251 g/mol. The zero-order valence-electron chi connectivity index (χ0n) is 11.1. The molecule has 1 aliphatic heterocycles. The van der Waals surface area contributed by atoms with Crippen LogP contribution in [-0.2, 0) is 6.54 Å². The molecule has 2 heterocycles. The van der Waals surface area contributed by atoms with Crippen LogP contribution < -0.4 is 10.1 Å². The summed E-state index contributed by atoms with van der Waals surface area (Å²) in [6.07, 6.45) is 4.25. The number of ether oxygens (including phenoxy) is 1. The molecule has 18 heavy (non-hydrogen) atoms. The number of hydrogen-bond donors (Lipinski definition) is 1. The van der Waals surface area contributed by atoms with E-state index in [0.717, 1.165) is 32.5 Å². The van der Waals surface area contributed by atoms with Gasteiger partial charge in [0.1, 0.15) is 5.69 Å². The molecule has 0 aliphatic carbocycles. The highest BCUT2D eigenvalue weighted by molar-refractivity contribution is 5.97. The van der Waals surface area contributed by atoms with E-state index in [1.165, 1.54) is 0 Å². The Labute approximate surface area is 108 Å². The van der Waals surface area contributed by atoms with Gasteiger partial charge >= 0.3 is 0 Å². The van der Waals surface area contributed by atoms with E-state index in [1.54, 1.807) is 18.0 Å². The Kier molecular flexibility index (Phi) is 4.36. The lowest BCUT2D eigenvalue weighted by Gasteiger charge is -2.10. The Morgan fingerprint density at radius 2 is 2.50 bits per heavy atom. The molecule has 0 saturated carbocycles. The number of aromatic nitrogens is 2. The van der Waals surface area contributed by atoms with Gasteiger partial charge in [-0.1, -0.05) is 6.92 Å². The van der Waals surface area contributed by atoms with Crippen molar-refractivity contribution in [2.24, 2.45) is 5.92 Å². The fraction of sp³-hybridized carbons (Fsp3) is 0.692. The first-order valence-corrected chi connectivity index (χ1v) is 6.60. The van der Waals surface area contributed by atoms with Gasteiger partial charge < -0.3 is 10.1 Å². The number of methoxy groups -OCH3 is 1.